The van der Waals surface area contributed by atoms with Crippen LogP contribution in [0.15, 0.2) is 119 Å². The Labute approximate surface area is 228 Å². The van der Waals surface area contributed by atoms with Crippen molar-refractivity contribution in [2.24, 2.45) is 26.8 Å². The average Bonchev–Trinajstić information content (AvgIpc) is 3.66. The maximum atomic E-state index is 13.0. The molecule has 0 amide bonds. The minimum atomic E-state index is -0.919. The predicted octanol–water partition coefficient (Wildman–Crippen LogP) is 6.02. The van der Waals surface area contributed by atoms with Gasteiger partial charge in [0, 0.05) is 34.0 Å². The molecular formula is C32H32N4O3. The highest BCUT2D eigenvalue weighted by molar-refractivity contribution is 6.24. The predicted molar refractivity (Wildman–Crippen MR) is 154 cm³/mol. The van der Waals surface area contributed by atoms with Gasteiger partial charge in [-0.2, -0.15) is 0 Å². The quantitative estimate of drug-likeness (QED) is 0.445. The second-order valence-corrected chi connectivity index (χ2v) is 10.7. The zero-order chi connectivity index (χ0) is 27.7. The summed E-state index contributed by atoms with van der Waals surface area (Å²) in [6, 6.07) is 0. The Hall–Kier alpha value is -4.26. The van der Waals surface area contributed by atoms with Crippen molar-refractivity contribution in [3.05, 3.63) is 104 Å². The van der Waals surface area contributed by atoms with Crippen LogP contribution in [0.3, 0.4) is 0 Å². The third-order valence-corrected chi connectivity index (χ3v) is 8.49. The number of carbonyl (C=O) groups is 1. The number of hydrogen-bond acceptors (Lipinski definition) is 7. The van der Waals surface area contributed by atoms with E-state index in [4.69, 9.17) is 19.7 Å². The molecule has 39 heavy (non-hydrogen) atoms. The monoisotopic (exact) mass is 520 g/mol. The lowest BCUT2D eigenvalue weighted by atomic mass is 9.95. The van der Waals surface area contributed by atoms with Crippen LogP contribution in [0, 0.1) is 11.8 Å². The molecule has 0 aromatic rings. The lowest BCUT2D eigenvalue weighted by Gasteiger charge is -2.14. The molecule has 0 aromatic heterocycles. The summed E-state index contributed by atoms with van der Waals surface area (Å²) in [5, 5.41) is 14.9. The first-order valence-electron chi connectivity index (χ1n) is 13.4. The van der Waals surface area contributed by atoms with Crippen LogP contribution in [-0.4, -0.2) is 35.3 Å². The van der Waals surface area contributed by atoms with Crippen molar-refractivity contribution >= 4 is 23.1 Å². The van der Waals surface area contributed by atoms with Gasteiger partial charge in [0.25, 0.3) is 0 Å². The molecule has 7 nitrogen and oxygen atoms in total. The smallest absolute Gasteiger partial charge is 0.321 e. The number of allylic oxidation sites excluding steroid dienone is 11. The van der Waals surface area contributed by atoms with Crippen LogP contribution in [0.4, 0.5) is 0 Å². The Morgan fingerprint density at radius 3 is 2.51 bits per heavy atom. The molecule has 0 radical (unpaired) electrons. The number of aliphatic hydroxyl groups is 1. The average molecular weight is 521 g/mol. The van der Waals surface area contributed by atoms with E-state index in [9.17, 15) is 9.90 Å². The molecule has 5 aliphatic heterocycles. The molecule has 0 aromatic carbocycles. The highest BCUT2D eigenvalue weighted by Gasteiger charge is 2.47. The Morgan fingerprint density at radius 1 is 1.10 bits per heavy atom. The van der Waals surface area contributed by atoms with Crippen molar-refractivity contribution in [1.29, 1.82) is 0 Å². The fraction of sp³-hybridized carbons (Fsp3) is 0.312. The molecule has 6 aliphatic rings. The number of hydrogen-bond donors (Lipinski definition) is 2. The second-order valence-electron chi connectivity index (χ2n) is 10.7. The van der Waals surface area contributed by atoms with Crippen LogP contribution >= 0.6 is 0 Å². The first kappa shape index (κ1) is 25.0. The molecule has 0 unspecified atom stereocenters. The van der Waals surface area contributed by atoms with Gasteiger partial charge in [-0.05, 0) is 74.1 Å². The van der Waals surface area contributed by atoms with Crippen LogP contribution in [0.5, 0.6) is 0 Å². The molecule has 1 saturated heterocycles. The maximum absolute atomic E-state index is 13.0. The summed E-state index contributed by atoms with van der Waals surface area (Å²) in [7, 11) is 1.35. The third-order valence-electron chi connectivity index (χ3n) is 8.49. The van der Waals surface area contributed by atoms with E-state index in [1.807, 2.05) is 25.2 Å². The SMILES string of the molecule is C=CC1=C(C)C2=NC1=CC1=NC(=CC3=C(C)C4=C(O)[C@H](C(=O)OC)C(=C5C[C@H](C)C(=C2)N5)C4=N3)C(CC)=C1C. The molecule has 0 spiro atoms. The van der Waals surface area contributed by atoms with Crippen molar-refractivity contribution in [2.45, 2.75) is 47.5 Å². The summed E-state index contributed by atoms with van der Waals surface area (Å²) < 4.78 is 5.13. The molecule has 2 atom stereocenters. The van der Waals surface area contributed by atoms with Gasteiger partial charge in [-0.1, -0.05) is 26.5 Å². The number of nitrogens with one attached hydrogen (secondary N) is 1. The standard InChI is InChI=1S/C32H32N4O3/c1-8-18-15(4)21-11-20-14(3)10-26(33-20)28-29(32(38)39-7)31(37)27-17(6)23(36-30(27)28)13-25-19(9-2)16(5)22(35-25)12-24(18)34-21/h8,11-14,29,33,37H,1,9-10H2,2-7H3/t14-,29+/m0/s1. The van der Waals surface area contributed by atoms with Gasteiger partial charge in [-0.3, -0.25) is 4.79 Å². The summed E-state index contributed by atoms with van der Waals surface area (Å²) in [6.07, 6.45) is 9.46. The van der Waals surface area contributed by atoms with Gasteiger partial charge < -0.3 is 15.2 Å². The Balaban J connectivity index is 1.66. The molecule has 1 fully saturated rings. The van der Waals surface area contributed by atoms with Crippen LogP contribution in [0.25, 0.3) is 0 Å². The summed E-state index contributed by atoms with van der Waals surface area (Å²) in [6.45, 7) is 14.4. The highest BCUT2D eigenvalue weighted by atomic mass is 16.5. The van der Waals surface area contributed by atoms with E-state index in [1.54, 1.807) is 0 Å². The lowest BCUT2D eigenvalue weighted by Crippen LogP contribution is -2.23. The summed E-state index contributed by atoms with van der Waals surface area (Å²) in [5.74, 6) is -1.28. The number of aliphatic hydroxyl groups excluding tert-OH is 1. The van der Waals surface area contributed by atoms with Crippen LogP contribution < -0.4 is 5.32 Å². The summed E-state index contributed by atoms with van der Waals surface area (Å²) in [5.41, 5.74) is 13.1. The topological polar surface area (TPSA) is 95.6 Å². The molecule has 198 valence electrons. The maximum Gasteiger partial charge on any atom is 0.321 e. The van der Waals surface area contributed by atoms with Gasteiger partial charge in [0.2, 0.25) is 0 Å². The van der Waals surface area contributed by atoms with E-state index < -0.39 is 11.9 Å². The van der Waals surface area contributed by atoms with E-state index in [2.05, 4.69) is 45.7 Å². The van der Waals surface area contributed by atoms with E-state index in [0.717, 1.165) is 74.2 Å². The van der Waals surface area contributed by atoms with E-state index in [1.165, 1.54) is 7.11 Å². The highest BCUT2D eigenvalue weighted by Crippen LogP contribution is 2.46. The van der Waals surface area contributed by atoms with Crippen LogP contribution in [-0.2, 0) is 9.53 Å². The minimum absolute atomic E-state index is 0.0119. The second kappa shape index (κ2) is 8.90. The number of fused-ring (bicyclic) bond motifs is 5. The molecule has 2 N–H and O–H groups in total. The van der Waals surface area contributed by atoms with Gasteiger partial charge in [-0.25, -0.2) is 15.0 Å². The zero-order valence-corrected chi connectivity index (χ0v) is 23.2. The Morgan fingerprint density at radius 2 is 1.82 bits per heavy atom. The van der Waals surface area contributed by atoms with Crippen molar-refractivity contribution in [3.63, 3.8) is 0 Å². The molecule has 0 saturated carbocycles. The van der Waals surface area contributed by atoms with Gasteiger partial charge in [0.1, 0.15) is 11.7 Å². The van der Waals surface area contributed by atoms with Crippen molar-refractivity contribution < 1.29 is 14.6 Å². The molecule has 1 aliphatic carbocycles. The number of methoxy groups -OCH3 is 1. The van der Waals surface area contributed by atoms with E-state index in [-0.39, 0.29) is 11.7 Å². The van der Waals surface area contributed by atoms with Crippen molar-refractivity contribution in [3.8, 4) is 0 Å². The minimum Gasteiger partial charge on any atom is -0.510 e. The Bertz CT molecular complexity index is 1640. The van der Waals surface area contributed by atoms with Gasteiger partial charge in [0.05, 0.1) is 41.3 Å². The molecule has 6 rings (SSSR count). The molecule has 7 heteroatoms. The fourth-order valence-electron chi connectivity index (χ4n) is 6.27. The summed E-state index contributed by atoms with van der Waals surface area (Å²) >= 11 is 0. The number of aliphatic imine (C=N–C) groups is 3. The number of rotatable bonds is 3. The fourth-order valence-corrected chi connectivity index (χ4v) is 6.27. The van der Waals surface area contributed by atoms with Gasteiger partial charge in [-0.15, -0.1) is 0 Å². The van der Waals surface area contributed by atoms with Crippen molar-refractivity contribution in [1.82, 2.24) is 5.32 Å². The largest absolute Gasteiger partial charge is 0.510 e. The number of esters is 1. The van der Waals surface area contributed by atoms with Crippen LogP contribution in [0.1, 0.15) is 47.5 Å². The molecular weight excluding hydrogens is 488 g/mol. The van der Waals surface area contributed by atoms with Gasteiger partial charge >= 0.3 is 5.97 Å². The van der Waals surface area contributed by atoms with Crippen molar-refractivity contribution in [2.75, 3.05) is 7.11 Å². The number of carbonyl (C=O) groups excluding carboxylic acids is 1. The number of ether oxygens (including phenoxy) is 1. The van der Waals surface area contributed by atoms with E-state index >= 15 is 0 Å². The molecule has 5 heterocycles. The van der Waals surface area contributed by atoms with Gasteiger partial charge in [0.15, 0.2) is 0 Å². The van der Waals surface area contributed by atoms with Crippen LogP contribution in [0.2, 0.25) is 0 Å². The summed E-state index contributed by atoms with van der Waals surface area (Å²) in [4.78, 5) is 28.0. The normalized spacial score (nSPS) is 25.6. The molecule has 8 bridgehead atoms. The third kappa shape index (κ3) is 3.56. The first-order valence-corrected chi connectivity index (χ1v) is 13.4. The zero-order valence-electron chi connectivity index (χ0n) is 23.2. The van der Waals surface area contributed by atoms with E-state index in [0.29, 0.717) is 23.3 Å². The Kier molecular flexibility index (Phi) is 5.72. The lowest BCUT2D eigenvalue weighted by molar-refractivity contribution is -0.143. The number of nitrogens with zero attached hydrogens (tertiary/aromatic N) is 3. The first-order chi connectivity index (χ1) is 18.7.